The molecule has 6 rings (SSSR count). The van der Waals surface area contributed by atoms with E-state index in [1.165, 1.54) is 0 Å². The number of para-hydroxylation sites is 2. The fraction of sp³-hybridized carbons (Fsp3) is 0.346. The van der Waals surface area contributed by atoms with Crippen LogP contribution in [0.4, 0.5) is 0 Å². The van der Waals surface area contributed by atoms with Crippen molar-refractivity contribution in [3.8, 4) is 22.8 Å². The van der Waals surface area contributed by atoms with Crippen LogP contribution in [0.2, 0.25) is 0 Å². The van der Waals surface area contributed by atoms with Crippen molar-refractivity contribution in [3.63, 3.8) is 0 Å². The Morgan fingerprint density at radius 3 is 2.66 bits per heavy atom. The van der Waals surface area contributed by atoms with Crippen molar-refractivity contribution in [2.75, 3.05) is 26.3 Å². The van der Waals surface area contributed by atoms with Crippen LogP contribution in [-0.4, -0.2) is 56.4 Å². The SMILES string of the molecule is Cn1cc(C(=O)N2CCC(n3c(=O)[nH]c4ccccc43)CC2)c(-c2ccc3c(c2)OCCCO3)n1. The number of aromatic nitrogens is 4. The molecule has 9 heteroatoms. The molecule has 0 saturated carbocycles. The first kappa shape index (κ1) is 21.5. The fourth-order valence-corrected chi connectivity index (χ4v) is 5.10. The summed E-state index contributed by atoms with van der Waals surface area (Å²) in [5.41, 5.74) is 3.66. The molecule has 4 heterocycles. The monoisotopic (exact) mass is 473 g/mol. The third-order valence-corrected chi connectivity index (χ3v) is 6.82. The number of aryl methyl sites for hydroxylation is 1. The first-order chi connectivity index (χ1) is 17.1. The number of nitrogens with zero attached hydrogens (tertiary/aromatic N) is 4. The van der Waals surface area contributed by atoms with Gasteiger partial charge in [-0.05, 0) is 43.2 Å². The smallest absolute Gasteiger partial charge is 0.326 e. The lowest BCUT2D eigenvalue weighted by molar-refractivity contribution is 0.0695. The Morgan fingerprint density at radius 1 is 1.06 bits per heavy atom. The van der Waals surface area contributed by atoms with Gasteiger partial charge in [-0.1, -0.05) is 12.1 Å². The van der Waals surface area contributed by atoms with Crippen molar-refractivity contribution in [1.82, 2.24) is 24.2 Å². The zero-order valence-corrected chi connectivity index (χ0v) is 19.6. The van der Waals surface area contributed by atoms with E-state index in [0.717, 1.165) is 23.0 Å². The maximum Gasteiger partial charge on any atom is 0.326 e. The van der Waals surface area contributed by atoms with Gasteiger partial charge >= 0.3 is 5.69 Å². The van der Waals surface area contributed by atoms with Gasteiger partial charge in [0.25, 0.3) is 5.91 Å². The molecule has 2 aromatic carbocycles. The summed E-state index contributed by atoms with van der Waals surface area (Å²) in [7, 11) is 1.82. The standard InChI is InChI=1S/C26H27N5O4/c1-29-16-19(24(28-29)17-7-8-22-23(15-17)35-14-4-13-34-22)25(32)30-11-9-18(10-12-30)31-21-6-3-2-5-20(21)27-26(31)33/h2-3,5-8,15-16,18H,4,9-14H2,1H3,(H,27,33). The third-order valence-electron chi connectivity index (χ3n) is 6.82. The van der Waals surface area contributed by atoms with Gasteiger partial charge in [-0.2, -0.15) is 5.10 Å². The Morgan fingerprint density at radius 2 is 1.83 bits per heavy atom. The maximum absolute atomic E-state index is 13.6. The Labute approximate surface area is 201 Å². The van der Waals surface area contributed by atoms with Crippen LogP contribution in [0.25, 0.3) is 22.3 Å². The molecule has 0 atom stereocenters. The molecule has 1 saturated heterocycles. The number of benzene rings is 2. The molecule has 35 heavy (non-hydrogen) atoms. The number of H-pyrrole nitrogens is 1. The van der Waals surface area contributed by atoms with Crippen LogP contribution in [0.5, 0.6) is 11.5 Å². The van der Waals surface area contributed by atoms with Crippen molar-refractivity contribution < 1.29 is 14.3 Å². The molecule has 1 fully saturated rings. The Hall–Kier alpha value is -4.01. The summed E-state index contributed by atoms with van der Waals surface area (Å²) in [5.74, 6) is 1.34. The number of carbonyl (C=O) groups excluding carboxylic acids is 1. The number of hydrogen-bond acceptors (Lipinski definition) is 5. The minimum absolute atomic E-state index is 0.0510. The molecular weight excluding hydrogens is 446 g/mol. The molecule has 180 valence electrons. The normalized spacial score (nSPS) is 16.4. The number of likely N-dealkylation sites (tertiary alicyclic amines) is 1. The van der Waals surface area contributed by atoms with E-state index in [0.29, 0.717) is 61.9 Å². The number of piperidine rings is 1. The Bertz CT molecular complexity index is 1460. The largest absolute Gasteiger partial charge is 0.490 e. The van der Waals surface area contributed by atoms with Crippen molar-refractivity contribution in [1.29, 1.82) is 0 Å². The van der Waals surface area contributed by atoms with Crippen molar-refractivity contribution in [2.24, 2.45) is 7.05 Å². The van der Waals surface area contributed by atoms with Gasteiger partial charge in [0.15, 0.2) is 11.5 Å². The van der Waals surface area contributed by atoms with E-state index in [9.17, 15) is 9.59 Å². The number of imidazole rings is 1. The summed E-state index contributed by atoms with van der Waals surface area (Å²) in [4.78, 5) is 31.0. The lowest BCUT2D eigenvalue weighted by atomic mass is 10.0. The van der Waals surface area contributed by atoms with Crippen LogP contribution in [0.1, 0.15) is 35.7 Å². The van der Waals surface area contributed by atoms with Gasteiger partial charge in [0.1, 0.15) is 5.69 Å². The second-order valence-corrected chi connectivity index (χ2v) is 9.12. The Kier molecular flexibility index (Phi) is 5.32. The summed E-state index contributed by atoms with van der Waals surface area (Å²) in [6.07, 6.45) is 4.04. The van der Waals surface area contributed by atoms with E-state index in [1.807, 2.05) is 59.0 Å². The molecule has 0 radical (unpaired) electrons. The van der Waals surface area contributed by atoms with E-state index < -0.39 is 0 Å². The second kappa shape index (κ2) is 8.65. The Balaban J connectivity index is 1.23. The van der Waals surface area contributed by atoms with Gasteiger partial charge in [-0.25, -0.2) is 4.79 Å². The molecule has 9 nitrogen and oxygen atoms in total. The van der Waals surface area contributed by atoms with E-state index >= 15 is 0 Å². The average Bonchev–Trinajstić information content (AvgIpc) is 3.33. The van der Waals surface area contributed by atoms with Crippen LogP contribution < -0.4 is 15.2 Å². The van der Waals surface area contributed by atoms with Crippen LogP contribution in [-0.2, 0) is 7.05 Å². The number of fused-ring (bicyclic) bond motifs is 2. The lowest BCUT2D eigenvalue weighted by Gasteiger charge is -2.32. The van der Waals surface area contributed by atoms with Crippen molar-refractivity contribution in [3.05, 3.63) is 64.7 Å². The van der Waals surface area contributed by atoms with Gasteiger partial charge < -0.3 is 19.4 Å². The number of rotatable bonds is 3. The highest BCUT2D eigenvalue weighted by atomic mass is 16.5. The van der Waals surface area contributed by atoms with Crippen LogP contribution in [0.3, 0.4) is 0 Å². The number of amides is 1. The lowest BCUT2D eigenvalue weighted by Crippen LogP contribution is -2.40. The zero-order chi connectivity index (χ0) is 23.9. The molecule has 0 bridgehead atoms. The number of nitrogens with one attached hydrogen (secondary N) is 1. The molecular formula is C26H27N5O4. The minimum atomic E-state index is -0.0973. The van der Waals surface area contributed by atoms with Gasteiger partial charge in [0, 0.05) is 44.4 Å². The van der Waals surface area contributed by atoms with Crippen molar-refractivity contribution in [2.45, 2.75) is 25.3 Å². The number of aromatic amines is 1. The molecule has 4 aromatic rings. The zero-order valence-electron chi connectivity index (χ0n) is 19.6. The first-order valence-corrected chi connectivity index (χ1v) is 12.0. The summed E-state index contributed by atoms with van der Waals surface area (Å²) in [5, 5.41) is 4.59. The second-order valence-electron chi connectivity index (χ2n) is 9.12. The van der Waals surface area contributed by atoms with E-state index in [1.54, 1.807) is 10.9 Å². The van der Waals surface area contributed by atoms with E-state index in [4.69, 9.17) is 9.47 Å². The van der Waals surface area contributed by atoms with Gasteiger partial charge in [-0.15, -0.1) is 0 Å². The minimum Gasteiger partial charge on any atom is -0.490 e. The molecule has 2 aliphatic heterocycles. The topological polar surface area (TPSA) is 94.4 Å². The van der Waals surface area contributed by atoms with Crippen LogP contribution in [0, 0.1) is 0 Å². The maximum atomic E-state index is 13.6. The molecule has 0 aliphatic carbocycles. The summed E-state index contributed by atoms with van der Waals surface area (Å²) in [6, 6.07) is 13.5. The summed E-state index contributed by atoms with van der Waals surface area (Å²) in [6.45, 7) is 2.37. The van der Waals surface area contributed by atoms with Crippen LogP contribution in [0.15, 0.2) is 53.5 Å². The third kappa shape index (κ3) is 3.86. The number of carbonyl (C=O) groups is 1. The molecule has 2 aliphatic rings. The predicted octanol–water partition coefficient (Wildman–Crippen LogP) is 3.37. The first-order valence-electron chi connectivity index (χ1n) is 12.0. The van der Waals surface area contributed by atoms with Gasteiger partial charge in [0.2, 0.25) is 0 Å². The van der Waals surface area contributed by atoms with E-state index in [2.05, 4.69) is 10.1 Å². The highest BCUT2D eigenvalue weighted by Gasteiger charge is 2.29. The fourth-order valence-electron chi connectivity index (χ4n) is 5.10. The quantitative estimate of drug-likeness (QED) is 0.492. The number of ether oxygens (including phenoxy) is 2. The highest BCUT2D eigenvalue weighted by Crippen LogP contribution is 2.35. The molecule has 0 unspecified atom stereocenters. The molecule has 1 N–H and O–H groups in total. The van der Waals surface area contributed by atoms with Crippen molar-refractivity contribution >= 4 is 16.9 Å². The average molecular weight is 474 g/mol. The van der Waals surface area contributed by atoms with Gasteiger partial charge in [0.05, 0.1) is 29.8 Å². The predicted molar refractivity (Wildman–Crippen MR) is 131 cm³/mol. The molecule has 2 aromatic heterocycles. The number of hydrogen-bond donors (Lipinski definition) is 1. The van der Waals surface area contributed by atoms with E-state index in [-0.39, 0.29) is 17.6 Å². The molecule has 0 spiro atoms. The summed E-state index contributed by atoms with van der Waals surface area (Å²) < 4.78 is 15.1. The highest BCUT2D eigenvalue weighted by molar-refractivity contribution is 6.00. The molecule has 1 amide bonds. The van der Waals surface area contributed by atoms with Gasteiger partial charge in [-0.3, -0.25) is 14.0 Å². The summed E-state index contributed by atoms with van der Waals surface area (Å²) >= 11 is 0. The van der Waals surface area contributed by atoms with Crippen LogP contribution >= 0.6 is 0 Å².